The van der Waals surface area contributed by atoms with Crippen LogP contribution in [0.15, 0.2) is 53.7 Å². The van der Waals surface area contributed by atoms with Crippen LogP contribution >= 0.6 is 21.6 Å². The molecule has 4 heteroatoms. The van der Waals surface area contributed by atoms with Gasteiger partial charge >= 0.3 is 0 Å². The lowest BCUT2D eigenvalue weighted by atomic mass is 10.2. The summed E-state index contributed by atoms with van der Waals surface area (Å²) in [6.45, 7) is 0. The zero-order chi connectivity index (χ0) is 11.2. The zero-order valence-corrected chi connectivity index (χ0v) is 10.3. The molecule has 0 bridgehead atoms. The SMILES string of the molecule is Nc1ccc(CSSc2ccncc2)cc1. The van der Waals surface area contributed by atoms with E-state index in [0.29, 0.717) is 0 Å². The van der Waals surface area contributed by atoms with Crippen LogP contribution in [-0.4, -0.2) is 4.98 Å². The van der Waals surface area contributed by atoms with Crippen LogP contribution in [0.2, 0.25) is 0 Å². The second-order valence-electron chi connectivity index (χ2n) is 3.27. The Kier molecular flexibility index (Phi) is 4.13. The van der Waals surface area contributed by atoms with Crippen LogP contribution in [-0.2, 0) is 5.75 Å². The Labute approximate surface area is 103 Å². The maximum absolute atomic E-state index is 5.63. The highest BCUT2D eigenvalue weighted by Crippen LogP contribution is 2.33. The fourth-order valence-corrected chi connectivity index (χ4v) is 3.26. The Balaban J connectivity index is 1.82. The summed E-state index contributed by atoms with van der Waals surface area (Å²) in [5.74, 6) is 0.979. The number of benzene rings is 1. The molecule has 0 atom stereocenters. The number of rotatable bonds is 4. The van der Waals surface area contributed by atoms with E-state index in [0.717, 1.165) is 11.4 Å². The maximum atomic E-state index is 5.63. The number of hydrogen-bond donors (Lipinski definition) is 1. The van der Waals surface area contributed by atoms with E-state index < -0.39 is 0 Å². The molecule has 2 aromatic rings. The number of hydrogen-bond acceptors (Lipinski definition) is 4. The molecular weight excluding hydrogens is 236 g/mol. The molecule has 0 aliphatic rings. The van der Waals surface area contributed by atoms with Crippen molar-refractivity contribution in [3.05, 3.63) is 54.4 Å². The van der Waals surface area contributed by atoms with Gasteiger partial charge in [-0.1, -0.05) is 33.7 Å². The Morgan fingerprint density at radius 1 is 1.00 bits per heavy atom. The summed E-state index contributed by atoms with van der Waals surface area (Å²) in [7, 11) is 3.58. The number of anilines is 1. The maximum Gasteiger partial charge on any atom is 0.0314 e. The van der Waals surface area contributed by atoms with Gasteiger partial charge in [-0.3, -0.25) is 4.98 Å². The first kappa shape index (κ1) is 11.4. The first-order valence-electron chi connectivity index (χ1n) is 4.88. The Bertz CT molecular complexity index is 429. The van der Waals surface area contributed by atoms with E-state index in [1.54, 1.807) is 10.8 Å². The van der Waals surface area contributed by atoms with Gasteiger partial charge in [0.15, 0.2) is 0 Å². The second-order valence-corrected chi connectivity index (χ2v) is 5.64. The van der Waals surface area contributed by atoms with Crippen LogP contribution < -0.4 is 5.73 Å². The molecule has 2 rings (SSSR count). The molecular formula is C12H12N2S2. The van der Waals surface area contributed by atoms with Crippen molar-refractivity contribution < 1.29 is 0 Å². The van der Waals surface area contributed by atoms with Crippen molar-refractivity contribution >= 4 is 27.3 Å². The molecule has 0 radical (unpaired) electrons. The summed E-state index contributed by atoms with van der Waals surface area (Å²) in [4.78, 5) is 5.22. The van der Waals surface area contributed by atoms with Gasteiger partial charge in [0.25, 0.3) is 0 Å². The molecule has 1 aromatic carbocycles. The second kappa shape index (κ2) is 5.82. The molecule has 2 nitrogen and oxygen atoms in total. The van der Waals surface area contributed by atoms with Crippen LogP contribution in [0.3, 0.4) is 0 Å². The summed E-state index contributed by atoms with van der Waals surface area (Å²) >= 11 is 0. The lowest BCUT2D eigenvalue weighted by Crippen LogP contribution is -1.84. The number of aromatic nitrogens is 1. The lowest BCUT2D eigenvalue weighted by molar-refractivity contribution is 1.27. The van der Waals surface area contributed by atoms with E-state index in [2.05, 4.69) is 17.1 Å². The summed E-state index contributed by atoms with van der Waals surface area (Å²) in [6.07, 6.45) is 3.62. The normalized spacial score (nSPS) is 10.2. The smallest absolute Gasteiger partial charge is 0.0314 e. The molecule has 0 aliphatic carbocycles. The minimum Gasteiger partial charge on any atom is -0.399 e. The fourth-order valence-electron chi connectivity index (χ4n) is 1.17. The first-order valence-corrected chi connectivity index (χ1v) is 7.20. The molecule has 1 heterocycles. The van der Waals surface area contributed by atoms with Gasteiger partial charge in [-0.05, 0) is 29.8 Å². The van der Waals surface area contributed by atoms with Gasteiger partial charge in [-0.25, -0.2) is 0 Å². The quantitative estimate of drug-likeness (QED) is 0.663. The zero-order valence-electron chi connectivity index (χ0n) is 8.67. The van der Waals surface area contributed by atoms with Crippen molar-refractivity contribution in [1.29, 1.82) is 0 Å². The monoisotopic (exact) mass is 248 g/mol. The highest BCUT2D eigenvalue weighted by molar-refractivity contribution is 8.76. The molecule has 0 unspecified atom stereocenters. The first-order chi connectivity index (χ1) is 7.84. The third-order valence-corrected chi connectivity index (χ3v) is 4.33. The molecule has 0 spiro atoms. The number of nitrogens with two attached hydrogens (primary N) is 1. The Morgan fingerprint density at radius 3 is 2.38 bits per heavy atom. The summed E-state index contributed by atoms with van der Waals surface area (Å²) in [6, 6.07) is 12.0. The molecule has 0 fully saturated rings. The molecule has 0 aliphatic heterocycles. The molecule has 0 saturated heterocycles. The average molecular weight is 248 g/mol. The van der Waals surface area contributed by atoms with Crippen molar-refractivity contribution in [3.8, 4) is 0 Å². The van der Waals surface area contributed by atoms with E-state index in [-0.39, 0.29) is 0 Å². The molecule has 1 aromatic heterocycles. The topological polar surface area (TPSA) is 38.9 Å². The number of nitrogen functional groups attached to an aromatic ring is 1. The predicted octanol–water partition coefficient (Wildman–Crippen LogP) is 3.60. The van der Waals surface area contributed by atoms with Crippen LogP contribution in [0.1, 0.15) is 5.56 Å². The standard InChI is InChI=1S/C12H12N2S2/c13-11-3-1-10(2-4-11)9-15-16-12-5-7-14-8-6-12/h1-8H,9,13H2. The largest absolute Gasteiger partial charge is 0.399 e. The average Bonchev–Trinajstić information content (AvgIpc) is 2.33. The predicted molar refractivity (Wildman–Crippen MR) is 72.2 cm³/mol. The summed E-state index contributed by atoms with van der Waals surface area (Å²) in [5.41, 5.74) is 7.74. The van der Waals surface area contributed by atoms with E-state index in [1.807, 2.05) is 47.5 Å². The molecule has 82 valence electrons. The Morgan fingerprint density at radius 2 is 1.69 bits per heavy atom. The van der Waals surface area contributed by atoms with Crippen LogP contribution in [0.4, 0.5) is 5.69 Å². The van der Waals surface area contributed by atoms with Crippen LogP contribution in [0.5, 0.6) is 0 Å². The van der Waals surface area contributed by atoms with Crippen molar-refractivity contribution in [2.45, 2.75) is 10.6 Å². The van der Waals surface area contributed by atoms with E-state index in [4.69, 9.17) is 5.73 Å². The molecule has 0 saturated carbocycles. The van der Waals surface area contributed by atoms with Crippen molar-refractivity contribution in [2.24, 2.45) is 0 Å². The van der Waals surface area contributed by atoms with Crippen molar-refractivity contribution in [2.75, 3.05) is 5.73 Å². The van der Waals surface area contributed by atoms with Gasteiger partial charge in [-0.2, -0.15) is 0 Å². The van der Waals surface area contributed by atoms with Gasteiger partial charge in [-0.15, -0.1) is 0 Å². The fraction of sp³-hybridized carbons (Fsp3) is 0.0833. The van der Waals surface area contributed by atoms with Crippen molar-refractivity contribution in [1.82, 2.24) is 4.98 Å². The molecule has 2 N–H and O–H groups in total. The molecule has 16 heavy (non-hydrogen) atoms. The third-order valence-electron chi connectivity index (χ3n) is 2.01. The van der Waals surface area contributed by atoms with Gasteiger partial charge in [0.1, 0.15) is 0 Å². The van der Waals surface area contributed by atoms with Gasteiger partial charge in [0, 0.05) is 28.7 Å². The highest BCUT2D eigenvalue weighted by atomic mass is 33.1. The van der Waals surface area contributed by atoms with Gasteiger partial charge < -0.3 is 5.73 Å². The highest BCUT2D eigenvalue weighted by Gasteiger charge is 1.96. The van der Waals surface area contributed by atoms with Crippen LogP contribution in [0, 0.1) is 0 Å². The third kappa shape index (κ3) is 3.47. The molecule has 0 amide bonds. The summed E-state index contributed by atoms with van der Waals surface area (Å²) < 4.78 is 0. The number of nitrogens with zero attached hydrogens (tertiary/aromatic N) is 1. The number of pyridine rings is 1. The van der Waals surface area contributed by atoms with E-state index in [1.165, 1.54) is 10.5 Å². The van der Waals surface area contributed by atoms with Gasteiger partial charge in [0.05, 0.1) is 0 Å². The van der Waals surface area contributed by atoms with E-state index >= 15 is 0 Å². The summed E-state index contributed by atoms with van der Waals surface area (Å²) in [5, 5.41) is 0. The van der Waals surface area contributed by atoms with Gasteiger partial charge in [0.2, 0.25) is 0 Å². The van der Waals surface area contributed by atoms with E-state index in [9.17, 15) is 0 Å². The lowest BCUT2D eigenvalue weighted by Gasteiger charge is -2.01. The minimum absolute atomic E-state index is 0.815. The van der Waals surface area contributed by atoms with Crippen molar-refractivity contribution in [3.63, 3.8) is 0 Å². The minimum atomic E-state index is 0.815. The van der Waals surface area contributed by atoms with Crippen LogP contribution in [0.25, 0.3) is 0 Å². The Hall–Kier alpha value is -1.13.